The lowest BCUT2D eigenvalue weighted by Gasteiger charge is -2.27. The predicted molar refractivity (Wildman–Crippen MR) is 136 cm³/mol. The van der Waals surface area contributed by atoms with Gasteiger partial charge in [-0.25, -0.2) is 13.8 Å². The van der Waals surface area contributed by atoms with E-state index in [-0.39, 0.29) is 18.2 Å². The molecule has 0 spiro atoms. The van der Waals surface area contributed by atoms with Gasteiger partial charge in [0.15, 0.2) is 0 Å². The second-order valence-electron chi connectivity index (χ2n) is 9.26. The minimum atomic E-state index is -0.575. The van der Waals surface area contributed by atoms with Gasteiger partial charge in [-0.1, -0.05) is 12.1 Å². The molecule has 2 aliphatic rings. The van der Waals surface area contributed by atoms with Gasteiger partial charge in [0.2, 0.25) is 5.95 Å². The van der Waals surface area contributed by atoms with E-state index >= 15 is 8.78 Å². The average Bonchev–Trinajstić information content (AvgIpc) is 3.35. The van der Waals surface area contributed by atoms with E-state index in [1.54, 1.807) is 17.0 Å². The summed E-state index contributed by atoms with van der Waals surface area (Å²) < 4.78 is 42.6. The molecule has 0 bridgehead atoms. The van der Waals surface area contributed by atoms with Crippen LogP contribution in [-0.2, 0) is 16.0 Å². The smallest absolute Gasteiger partial charge is 0.229 e. The second-order valence-corrected chi connectivity index (χ2v) is 9.26. The van der Waals surface area contributed by atoms with Crippen LogP contribution in [0.5, 0.6) is 0 Å². The number of aromatic nitrogens is 3. The molecular weight excluding hydrogens is 478 g/mol. The predicted octanol–water partition coefficient (Wildman–Crippen LogP) is 3.94. The molecule has 4 heterocycles. The third-order valence-electron chi connectivity index (χ3n) is 6.81. The zero-order valence-corrected chi connectivity index (χ0v) is 20.3. The number of hydrogen-bond donors (Lipinski definition) is 2. The molecule has 0 aliphatic carbocycles. The molecule has 2 aromatic carbocycles. The Morgan fingerprint density at radius 1 is 1.00 bits per heavy atom. The van der Waals surface area contributed by atoms with E-state index in [2.05, 4.69) is 20.6 Å². The van der Waals surface area contributed by atoms with Gasteiger partial charge in [0.1, 0.15) is 17.3 Å². The standard InChI is InChI=1S/C27H28F2N6O2/c28-23-13-21(14-24(29)22(23)16-34-8-11-36-12-9-34)35-7-5-19-15-31-27(33-26(19)35)32-20-3-1-18(2-4-20)25-17-37-10-6-30-25/h1-5,7,13-15,25,30H,6,8-12,16-17H2,(H,31,32,33)/t25-/m1/s1. The van der Waals surface area contributed by atoms with Crippen LogP contribution in [0.25, 0.3) is 16.7 Å². The number of hydrogen-bond acceptors (Lipinski definition) is 7. The van der Waals surface area contributed by atoms with Crippen LogP contribution in [0.4, 0.5) is 20.4 Å². The molecule has 2 N–H and O–H groups in total. The Morgan fingerprint density at radius 3 is 2.51 bits per heavy atom. The van der Waals surface area contributed by atoms with Crippen LogP contribution in [-0.4, -0.2) is 65.5 Å². The van der Waals surface area contributed by atoms with Crippen LogP contribution in [0, 0.1) is 11.6 Å². The summed E-state index contributed by atoms with van der Waals surface area (Å²) in [6.07, 6.45) is 3.44. The largest absolute Gasteiger partial charge is 0.379 e. The van der Waals surface area contributed by atoms with E-state index < -0.39 is 11.6 Å². The van der Waals surface area contributed by atoms with Crippen molar-refractivity contribution in [1.29, 1.82) is 0 Å². The molecule has 8 nitrogen and oxygen atoms in total. The van der Waals surface area contributed by atoms with Crippen molar-refractivity contribution in [1.82, 2.24) is 24.8 Å². The molecule has 2 saturated heterocycles. The molecule has 10 heteroatoms. The summed E-state index contributed by atoms with van der Waals surface area (Å²) in [5, 5.41) is 7.43. The maximum atomic E-state index is 15.0. The first-order chi connectivity index (χ1) is 18.1. The van der Waals surface area contributed by atoms with Crippen LogP contribution in [0.3, 0.4) is 0 Å². The summed E-state index contributed by atoms with van der Waals surface area (Å²) in [7, 11) is 0. The van der Waals surface area contributed by atoms with Gasteiger partial charge >= 0.3 is 0 Å². The van der Waals surface area contributed by atoms with Gasteiger partial charge in [-0.05, 0) is 35.9 Å². The highest BCUT2D eigenvalue weighted by Crippen LogP contribution is 2.26. The minimum absolute atomic E-state index is 0.0672. The number of rotatable bonds is 6. The monoisotopic (exact) mass is 506 g/mol. The molecule has 6 rings (SSSR count). The first kappa shape index (κ1) is 23.9. The van der Waals surface area contributed by atoms with Crippen molar-refractivity contribution in [3.05, 3.63) is 77.6 Å². The average molecular weight is 507 g/mol. The Morgan fingerprint density at radius 2 is 1.78 bits per heavy atom. The van der Waals surface area contributed by atoms with Crippen LogP contribution < -0.4 is 10.6 Å². The zero-order valence-electron chi connectivity index (χ0n) is 20.3. The number of anilines is 2. The van der Waals surface area contributed by atoms with Crippen molar-refractivity contribution in [3.8, 4) is 5.69 Å². The van der Waals surface area contributed by atoms with Gasteiger partial charge in [-0.2, -0.15) is 4.98 Å². The number of ether oxygens (including phenoxy) is 2. The first-order valence-electron chi connectivity index (χ1n) is 12.4. The van der Waals surface area contributed by atoms with Crippen LogP contribution in [0.2, 0.25) is 0 Å². The fourth-order valence-corrected chi connectivity index (χ4v) is 4.76. The van der Waals surface area contributed by atoms with Crippen LogP contribution in [0.15, 0.2) is 54.9 Å². The quantitative estimate of drug-likeness (QED) is 0.410. The van der Waals surface area contributed by atoms with Crippen molar-refractivity contribution in [3.63, 3.8) is 0 Å². The SMILES string of the molecule is Fc1cc(-n2ccc3cnc(Nc4ccc([C@H]5COCCN5)cc4)nc32)cc(F)c1CN1CCOCC1. The maximum absolute atomic E-state index is 15.0. The Bertz CT molecular complexity index is 1360. The highest BCUT2D eigenvalue weighted by atomic mass is 19.1. The van der Waals surface area contributed by atoms with Gasteiger partial charge in [0.05, 0.1) is 38.2 Å². The zero-order chi connectivity index (χ0) is 25.2. The Balaban J connectivity index is 1.23. The summed E-state index contributed by atoms with van der Waals surface area (Å²) in [4.78, 5) is 11.0. The number of halogens is 2. The Hall–Kier alpha value is -3.44. The molecule has 192 valence electrons. The first-order valence-corrected chi connectivity index (χ1v) is 12.4. The molecule has 1 atom stereocenters. The third kappa shape index (κ3) is 5.19. The molecule has 0 saturated carbocycles. The number of benzene rings is 2. The molecule has 2 fully saturated rings. The van der Waals surface area contributed by atoms with E-state index in [1.807, 2.05) is 35.2 Å². The van der Waals surface area contributed by atoms with E-state index in [0.717, 1.165) is 29.8 Å². The van der Waals surface area contributed by atoms with Gasteiger partial charge in [0, 0.05) is 55.2 Å². The van der Waals surface area contributed by atoms with E-state index in [4.69, 9.17) is 9.47 Å². The highest BCUT2D eigenvalue weighted by Gasteiger charge is 2.19. The molecule has 0 amide bonds. The van der Waals surface area contributed by atoms with Crippen molar-refractivity contribution in [2.24, 2.45) is 0 Å². The molecule has 4 aromatic rings. The van der Waals surface area contributed by atoms with Gasteiger partial charge in [-0.3, -0.25) is 4.90 Å². The fourth-order valence-electron chi connectivity index (χ4n) is 4.76. The van der Waals surface area contributed by atoms with E-state index in [0.29, 0.717) is 50.2 Å². The van der Waals surface area contributed by atoms with Gasteiger partial charge in [-0.15, -0.1) is 0 Å². The summed E-state index contributed by atoms with van der Waals surface area (Å²) in [6, 6.07) is 12.7. The number of morpholine rings is 2. The number of nitrogens with one attached hydrogen (secondary N) is 2. The number of nitrogens with zero attached hydrogens (tertiary/aromatic N) is 4. The molecule has 2 aliphatic heterocycles. The molecule has 2 aromatic heterocycles. The Kier molecular flexibility index (Phi) is 6.79. The Labute approximate surface area is 213 Å². The highest BCUT2D eigenvalue weighted by molar-refractivity contribution is 5.78. The van der Waals surface area contributed by atoms with E-state index in [9.17, 15) is 0 Å². The molecule has 0 radical (unpaired) electrons. The topological polar surface area (TPSA) is 76.5 Å². The number of fused-ring (bicyclic) bond motifs is 1. The van der Waals surface area contributed by atoms with Crippen molar-refractivity contribution >= 4 is 22.7 Å². The summed E-state index contributed by atoms with van der Waals surface area (Å²) in [6.45, 7) is 4.89. The maximum Gasteiger partial charge on any atom is 0.229 e. The normalized spacial score (nSPS) is 18.8. The fraction of sp³-hybridized carbons (Fsp3) is 0.333. The summed E-state index contributed by atoms with van der Waals surface area (Å²) >= 11 is 0. The van der Waals surface area contributed by atoms with Gasteiger partial charge < -0.3 is 24.7 Å². The van der Waals surface area contributed by atoms with Crippen LogP contribution >= 0.6 is 0 Å². The second kappa shape index (κ2) is 10.5. The van der Waals surface area contributed by atoms with Crippen molar-refractivity contribution in [2.45, 2.75) is 12.6 Å². The third-order valence-corrected chi connectivity index (χ3v) is 6.81. The summed E-state index contributed by atoms with van der Waals surface area (Å²) in [5.74, 6) is -0.758. The summed E-state index contributed by atoms with van der Waals surface area (Å²) in [5.41, 5.74) is 2.97. The van der Waals surface area contributed by atoms with Gasteiger partial charge in [0.25, 0.3) is 0 Å². The lowest BCUT2D eigenvalue weighted by molar-refractivity contribution is 0.0332. The minimum Gasteiger partial charge on any atom is -0.379 e. The molecule has 0 unspecified atom stereocenters. The molecular formula is C27H28F2N6O2. The van der Waals surface area contributed by atoms with E-state index in [1.165, 1.54) is 12.1 Å². The van der Waals surface area contributed by atoms with Crippen molar-refractivity contribution in [2.75, 3.05) is 51.4 Å². The van der Waals surface area contributed by atoms with Crippen molar-refractivity contribution < 1.29 is 18.3 Å². The lowest BCUT2D eigenvalue weighted by Crippen LogP contribution is -2.36. The molecule has 37 heavy (non-hydrogen) atoms. The lowest BCUT2D eigenvalue weighted by atomic mass is 10.1. The van der Waals surface area contributed by atoms with Crippen LogP contribution in [0.1, 0.15) is 17.2 Å².